The molecule has 9 heteroatoms. The number of nitrogens with zero attached hydrogens (tertiary/aromatic N) is 2. The van der Waals surface area contributed by atoms with Crippen molar-refractivity contribution in [3.8, 4) is 0 Å². The summed E-state index contributed by atoms with van der Waals surface area (Å²) < 4.78 is 26.8. The van der Waals surface area contributed by atoms with Gasteiger partial charge in [-0.05, 0) is 30.3 Å². The van der Waals surface area contributed by atoms with E-state index in [1.54, 1.807) is 0 Å². The van der Waals surface area contributed by atoms with Gasteiger partial charge in [-0.25, -0.2) is 8.42 Å². The summed E-state index contributed by atoms with van der Waals surface area (Å²) in [5.74, 6) is 0. The Kier molecular flexibility index (Phi) is 5.48. The smallest absolute Gasteiger partial charge is 0.262 e. The third-order valence-corrected chi connectivity index (χ3v) is 5.31. The number of nitro benzene ring substituents is 1. The van der Waals surface area contributed by atoms with E-state index in [0.717, 1.165) is 16.4 Å². The standard InChI is InChI=1S/C15H12Cl2N2O4S/c1-2-7-18(14-9-11(16)8-12(17)10-14)24(22,23)15-5-3-13(4-6-15)19(20)21/h2-6,8-10H,1,7H2. The van der Waals surface area contributed by atoms with Crippen molar-refractivity contribution < 1.29 is 13.3 Å². The predicted octanol–water partition coefficient (Wildman–Crippen LogP) is 4.28. The first-order valence-corrected chi connectivity index (χ1v) is 8.79. The third kappa shape index (κ3) is 3.87. The summed E-state index contributed by atoms with van der Waals surface area (Å²) in [7, 11) is -3.97. The molecule has 6 nitrogen and oxygen atoms in total. The molecular weight excluding hydrogens is 375 g/mol. The van der Waals surface area contributed by atoms with Gasteiger partial charge in [0.15, 0.2) is 0 Å². The quantitative estimate of drug-likeness (QED) is 0.421. The Hall–Kier alpha value is -2.09. The maximum Gasteiger partial charge on any atom is 0.269 e. The number of nitro groups is 1. The first-order valence-electron chi connectivity index (χ1n) is 6.60. The molecule has 0 aliphatic rings. The molecule has 0 bridgehead atoms. The summed E-state index contributed by atoms with van der Waals surface area (Å²) in [5, 5.41) is 11.3. The van der Waals surface area contributed by atoms with Gasteiger partial charge in [-0.2, -0.15) is 0 Å². The van der Waals surface area contributed by atoms with Crippen molar-refractivity contribution in [1.82, 2.24) is 0 Å². The Balaban J connectivity index is 2.52. The molecule has 24 heavy (non-hydrogen) atoms. The van der Waals surface area contributed by atoms with Crippen molar-refractivity contribution in [2.24, 2.45) is 0 Å². The van der Waals surface area contributed by atoms with E-state index in [9.17, 15) is 18.5 Å². The Morgan fingerprint density at radius 2 is 1.67 bits per heavy atom. The van der Waals surface area contributed by atoms with Gasteiger partial charge in [0.1, 0.15) is 0 Å². The van der Waals surface area contributed by atoms with Crippen LogP contribution in [-0.2, 0) is 10.0 Å². The normalized spacial score (nSPS) is 11.1. The number of benzene rings is 2. The van der Waals surface area contributed by atoms with Crippen LogP contribution in [0.1, 0.15) is 0 Å². The van der Waals surface area contributed by atoms with Gasteiger partial charge in [0.25, 0.3) is 15.7 Å². The fraction of sp³-hybridized carbons (Fsp3) is 0.0667. The second-order valence-corrected chi connectivity index (χ2v) is 7.44. The van der Waals surface area contributed by atoms with Crippen molar-refractivity contribution in [2.75, 3.05) is 10.8 Å². The molecule has 0 radical (unpaired) electrons. The molecule has 0 amide bonds. The van der Waals surface area contributed by atoms with Crippen LogP contribution in [0, 0.1) is 10.1 Å². The summed E-state index contributed by atoms with van der Waals surface area (Å²) in [6.07, 6.45) is 1.41. The van der Waals surface area contributed by atoms with Gasteiger partial charge in [-0.1, -0.05) is 29.3 Å². The van der Waals surface area contributed by atoms with Crippen LogP contribution in [0.25, 0.3) is 0 Å². The number of sulfonamides is 1. The van der Waals surface area contributed by atoms with E-state index in [4.69, 9.17) is 23.2 Å². The molecule has 0 aliphatic carbocycles. The van der Waals surface area contributed by atoms with Crippen molar-refractivity contribution in [2.45, 2.75) is 4.90 Å². The maximum absolute atomic E-state index is 12.8. The molecule has 0 N–H and O–H groups in total. The second kappa shape index (κ2) is 7.21. The molecule has 0 spiro atoms. The van der Waals surface area contributed by atoms with E-state index in [2.05, 4.69) is 6.58 Å². The zero-order valence-electron chi connectivity index (χ0n) is 12.2. The van der Waals surface area contributed by atoms with Crippen LogP contribution in [-0.4, -0.2) is 19.9 Å². The fourth-order valence-corrected chi connectivity index (χ4v) is 3.94. The lowest BCUT2D eigenvalue weighted by molar-refractivity contribution is -0.384. The van der Waals surface area contributed by atoms with Crippen LogP contribution < -0.4 is 4.31 Å². The largest absolute Gasteiger partial charge is 0.269 e. The average molecular weight is 387 g/mol. The summed E-state index contributed by atoms with van der Waals surface area (Å²) in [6.45, 7) is 3.54. The Morgan fingerprint density at radius 3 is 2.12 bits per heavy atom. The average Bonchev–Trinajstić information content (AvgIpc) is 2.51. The lowest BCUT2D eigenvalue weighted by atomic mass is 10.3. The molecule has 126 valence electrons. The van der Waals surface area contributed by atoms with Gasteiger partial charge < -0.3 is 0 Å². The molecule has 2 aromatic rings. The van der Waals surface area contributed by atoms with Crippen molar-refractivity contribution in [3.05, 3.63) is 75.3 Å². The summed E-state index contributed by atoms with van der Waals surface area (Å²) in [6, 6.07) is 9.01. The molecule has 0 heterocycles. The maximum atomic E-state index is 12.8. The Morgan fingerprint density at radius 1 is 1.12 bits per heavy atom. The van der Waals surface area contributed by atoms with Crippen LogP contribution in [0.15, 0.2) is 60.0 Å². The predicted molar refractivity (Wildman–Crippen MR) is 94.3 cm³/mol. The van der Waals surface area contributed by atoms with Gasteiger partial charge >= 0.3 is 0 Å². The Labute approximate surface area is 149 Å². The summed E-state index contributed by atoms with van der Waals surface area (Å²) in [5.41, 5.74) is 0.0702. The molecule has 2 rings (SSSR count). The highest BCUT2D eigenvalue weighted by Gasteiger charge is 2.25. The van der Waals surface area contributed by atoms with E-state index in [0.29, 0.717) is 0 Å². The van der Waals surface area contributed by atoms with E-state index in [1.807, 2.05) is 0 Å². The van der Waals surface area contributed by atoms with Crippen molar-refractivity contribution in [1.29, 1.82) is 0 Å². The fourth-order valence-electron chi connectivity index (χ4n) is 2.01. The van der Waals surface area contributed by atoms with Crippen LogP contribution in [0.5, 0.6) is 0 Å². The van der Waals surface area contributed by atoms with Crippen LogP contribution in [0.2, 0.25) is 10.0 Å². The van der Waals surface area contributed by atoms with Gasteiger partial charge in [0, 0.05) is 22.2 Å². The van der Waals surface area contributed by atoms with E-state index < -0.39 is 14.9 Å². The Bertz CT molecular complexity index is 863. The first kappa shape index (κ1) is 18.3. The van der Waals surface area contributed by atoms with E-state index in [-0.39, 0.29) is 32.9 Å². The van der Waals surface area contributed by atoms with Crippen LogP contribution in [0.4, 0.5) is 11.4 Å². The van der Waals surface area contributed by atoms with E-state index in [1.165, 1.54) is 36.4 Å². The molecule has 0 saturated heterocycles. The van der Waals surface area contributed by atoms with Gasteiger partial charge in [0.2, 0.25) is 0 Å². The van der Waals surface area contributed by atoms with Gasteiger partial charge in [0.05, 0.1) is 22.1 Å². The molecule has 0 aliphatic heterocycles. The van der Waals surface area contributed by atoms with E-state index >= 15 is 0 Å². The highest BCUT2D eigenvalue weighted by molar-refractivity contribution is 7.92. The molecular formula is C15H12Cl2N2O4S. The van der Waals surface area contributed by atoms with Crippen LogP contribution >= 0.6 is 23.2 Å². The summed E-state index contributed by atoms with van der Waals surface area (Å²) in [4.78, 5) is 10.0. The SMILES string of the molecule is C=CCN(c1cc(Cl)cc(Cl)c1)S(=O)(=O)c1ccc([N+](=O)[O-])cc1. The zero-order chi connectivity index (χ0) is 17.9. The molecule has 0 unspecified atom stereocenters. The van der Waals surface area contributed by atoms with Crippen molar-refractivity contribution >= 4 is 44.6 Å². The monoisotopic (exact) mass is 386 g/mol. The minimum Gasteiger partial charge on any atom is -0.262 e. The number of non-ortho nitro benzene ring substituents is 1. The minimum absolute atomic E-state index is 0.0179. The first-order chi connectivity index (χ1) is 11.3. The lowest BCUT2D eigenvalue weighted by Crippen LogP contribution is -2.31. The molecule has 0 fully saturated rings. The van der Waals surface area contributed by atoms with Gasteiger partial charge in [-0.3, -0.25) is 14.4 Å². The lowest BCUT2D eigenvalue weighted by Gasteiger charge is -2.23. The topological polar surface area (TPSA) is 80.5 Å². The number of rotatable bonds is 6. The molecule has 0 saturated carbocycles. The van der Waals surface area contributed by atoms with Crippen LogP contribution in [0.3, 0.4) is 0 Å². The zero-order valence-corrected chi connectivity index (χ0v) is 14.6. The van der Waals surface area contributed by atoms with Gasteiger partial charge in [-0.15, -0.1) is 6.58 Å². The molecule has 0 aromatic heterocycles. The number of hydrogen-bond donors (Lipinski definition) is 0. The highest BCUT2D eigenvalue weighted by Crippen LogP contribution is 2.30. The minimum atomic E-state index is -3.97. The number of hydrogen-bond acceptors (Lipinski definition) is 4. The number of anilines is 1. The third-order valence-electron chi connectivity index (χ3n) is 3.07. The second-order valence-electron chi connectivity index (χ2n) is 4.70. The van der Waals surface area contributed by atoms with Crippen molar-refractivity contribution in [3.63, 3.8) is 0 Å². The molecule has 2 aromatic carbocycles. The molecule has 0 atom stereocenters. The summed E-state index contributed by atoms with van der Waals surface area (Å²) >= 11 is 11.9. The number of halogens is 2. The highest BCUT2D eigenvalue weighted by atomic mass is 35.5.